The number of carbonyl (C=O) groups is 2. The van der Waals surface area contributed by atoms with Gasteiger partial charge in [-0.05, 0) is 46.9 Å². The zero-order chi connectivity index (χ0) is 19.9. The molecular weight excluding hydrogens is 487 g/mol. The number of benzene rings is 2. The summed E-state index contributed by atoms with van der Waals surface area (Å²) in [5.41, 5.74) is 1.61. The number of nitrogens with one attached hydrogen (secondary N) is 1. The van der Waals surface area contributed by atoms with Crippen LogP contribution in [0.2, 0.25) is 0 Å². The van der Waals surface area contributed by atoms with Gasteiger partial charge in [0.25, 0.3) is 0 Å². The standard InChI is InChI=1S/C20H19IN4O2S/c1-14(26)22-12-11-19-23-24-20(25(19)17-9-7-16(21)8-10-17)28-13-18(27)15-5-3-2-4-6-15/h2-10H,11-13H2,1H3,(H,22,26). The van der Waals surface area contributed by atoms with E-state index in [-0.39, 0.29) is 17.4 Å². The largest absolute Gasteiger partial charge is 0.356 e. The number of aromatic nitrogens is 3. The normalized spacial score (nSPS) is 10.6. The monoisotopic (exact) mass is 506 g/mol. The molecule has 1 amide bonds. The van der Waals surface area contributed by atoms with Crippen LogP contribution >= 0.6 is 34.4 Å². The van der Waals surface area contributed by atoms with Crippen molar-refractivity contribution in [2.24, 2.45) is 0 Å². The van der Waals surface area contributed by atoms with E-state index in [4.69, 9.17) is 0 Å². The lowest BCUT2D eigenvalue weighted by Crippen LogP contribution is -2.23. The molecule has 0 aliphatic rings. The average molecular weight is 506 g/mol. The predicted octanol–water partition coefficient (Wildman–Crippen LogP) is 3.53. The van der Waals surface area contributed by atoms with E-state index in [0.29, 0.717) is 23.7 Å². The van der Waals surface area contributed by atoms with Gasteiger partial charge in [-0.1, -0.05) is 42.1 Å². The lowest BCUT2D eigenvalue weighted by atomic mass is 10.2. The first-order valence-electron chi connectivity index (χ1n) is 8.70. The number of nitrogens with zero attached hydrogens (tertiary/aromatic N) is 3. The van der Waals surface area contributed by atoms with Gasteiger partial charge < -0.3 is 5.32 Å². The van der Waals surface area contributed by atoms with Crippen molar-refractivity contribution in [3.63, 3.8) is 0 Å². The van der Waals surface area contributed by atoms with Crippen molar-refractivity contribution in [1.29, 1.82) is 0 Å². The van der Waals surface area contributed by atoms with Crippen LogP contribution in [0, 0.1) is 3.57 Å². The number of halogens is 1. The molecule has 0 fully saturated rings. The highest BCUT2D eigenvalue weighted by atomic mass is 127. The zero-order valence-electron chi connectivity index (χ0n) is 15.3. The lowest BCUT2D eigenvalue weighted by Gasteiger charge is -2.10. The molecule has 0 spiro atoms. The summed E-state index contributed by atoms with van der Waals surface area (Å²) in [6, 6.07) is 17.2. The smallest absolute Gasteiger partial charge is 0.216 e. The van der Waals surface area contributed by atoms with Crippen LogP contribution in [-0.2, 0) is 11.2 Å². The molecule has 1 aromatic heterocycles. The first kappa shape index (κ1) is 20.5. The van der Waals surface area contributed by atoms with Crippen LogP contribution in [-0.4, -0.2) is 38.8 Å². The highest BCUT2D eigenvalue weighted by molar-refractivity contribution is 14.1. The summed E-state index contributed by atoms with van der Waals surface area (Å²) in [5.74, 6) is 0.980. The van der Waals surface area contributed by atoms with Crippen molar-refractivity contribution in [1.82, 2.24) is 20.1 Å². The van der Waals surface area contributed by atoms with Gasteiger partial charge in [-0.3, -0.25) is 14.2 Å². The van der Waals surface area contributed by atoms with Crippen LogP contribution in [0.4, 0.5) is 0 Å². The van der Waals surface area contributed by atoms with Gasteiger partial charge in [-0.2, -0.15) is 0 Å². The first-order valence-corrected chi connectivity index (χ1v) is 10.8. The minimum absolute atomic E-state index is 0.0440. The Balaban J connectivity index is 1.81. The maximum atomic E-state index is 12.4. The topological polar surface area (TPSA) is 76.9 Å². The molecule has 0 atom stereocenters. The van der Waals surface area contributed by atoms with Crippen molar-refractivity contribution in [3.05, 3.63) is 69.6 Å². The number of Topliss-reactive ketones (excluding diaryl/α,β-unsaturated/α-hetero) is 1. The van der Waals surface area contributed by atoms with Crippen molar-refractivity contribution in [3.8, 4) is 5.69 Å². The van der Waals surface area contributed by atoms with E-state index >= 15 is 0 Å². The highest BCUT2D eigenvalue weighted by Gasteiger charge is 2.16. The molecule has 3 aromatic rings. The Hall–Kier alpha value is -2.20. The summed E-state index contributed by atoms with van der Waals surface area (Å²) in [5, 5.41) is 12.0. The molecule has 2 aromatic carbocycles. The Kier molecular flexibility index (Phi) is 7.21. The van der Waals surface area contributed by atoms with Crippen LogP contribution in [0.25, 0.3) is 5.69 Å². The molecule has 0 unspecified atom stereocenters. The van der Waals surface area contributed by atoms with Crippen molar-refractivity contribution < 1.29 is 9.59 Å². The van der Waals surface area contributed by atoms with E-state index in [1.165, 1.54) is 18.7 Å². The number of amides is 1. The van der Waals surface area contributed by atoms with Crippen LogP contribution in [0.5, 0.6) is 0 Å². The van der Waals surface area contributed by atoms with E-state index < -0.39 is 0 Å². The third kappa shape index (κ3) is 5.41. The molecule has 0 saturated carbocycles. The molecule has 0 aliphatic heterocycles. The van der Waals surface area contributed by atoms with Crippen LogP contribution in [0.15, 0.2) is 59.8 Å². The average Bonchev–Trinajstić information content (AvgIpc) is 3.10. The third-order valence-corrected chi connectivity index (χ3v) is 5.58. The van der Waals surface area contributed by atoms with Gasteiger partial charge in [0, 0.05) is 34.7 Å². The Morgan fingerprint density at radius 2 is 1.79 bits per heavy atom. The van der Waals surface area contributed by atoms with E-state index in [1.807, 2.05) is 59.2 Å². The maximum Gasteiger partial charge on any atom is 0.216 e. The van der Waals surface area contributed by atoms with E-state index in [2.05, 4.69) is 38.1 Å². The van der Waals surface area contributed by atoms with E-state index in [1.54, 1.807) is 0 Å². The van der Waals surface area contributed by atoms with Gasteiger partial charge in [0.1, 0.15) is 5.82 Å². The van der Waals surface area contributed by atoms with Gasteiger partial charge in [-0.15, -0.1) is 10.2 Å². The van der Waals surface area contributed by atoms with Gasteiger partial charge in [0.15, 0.2) is 10.9 Å². The number of rotatable bonds is 8. The van der Waals surface area contributed by atoms with Gasteiger partial charge in [0.2, 0.25) is 5.91 Å². The lowest BCUT2D eigenvalue weighted by molar-refractivity contribution is -0.118. The molecule has 0 aliphatic carbocycles. The Morgan fingerprint density at radius 3 is 2.46 bits per heavy atom. The van der Waals surface area contributed by atoms with Gasteiger partial charge in [0.05, 0.1) is 5.75 Å². The second-order valence-electron chi connectivity index (χ2n) is 6.02. The fraction of sp³-hybridized carbons (Fsp3) is 0.200. The summed E-state index contributed by atoms with van der Waals surface area (Å²) in [6.45, 7) is 1.96. The number of ketones is 1. The summed E-state index contributed by atoms with van der Waals surface area (Å²) in [6.07, 6.45) is 0.547. The Morgan fingerprint density at radius 1 is 1.07 bits per heavy atom. The van der Waals surface area contributed by atoms with Crippen molar-refractivity contribution in [2.75, 3.05) is 12.3 Å². The number of hydrogen-bond donors (Lipinski definition) is 1. The maximum absolute atomic E-state index is 12.4. The molecule has 8 heteroatoms. The van der Waals surface area contributed by atoms with E-state index in [0.717, 1.165) is 15.1 Å². The SMILES string of the molecule is CC(=O)NCCc1nnc(SCC(=O)c2ccccc2)n1-c1ccc(I)cc1. The Labute approximate surface area is 181 Å². The number of thioether (sulfide) groups is 1. The van der Waals surface area contributed by atoms with E-state index in [9.17, 15) is 9.59 Å². The molecular formula is C20H19IN4O2S. The minimum atomic E-state index is -0.0802. The molecule has 28 heavy (non-hydrogen) atoms. The quantitative estimate of drug-likeness (QED) is 0.288. The summed E-state index contributed by atoms with van der Waals surface area (Å²) in [7, 11) is 0. The molecule has 0 saturated heterocycles. The van der Waals surface area contributed by atoms with Gasteiger partial charge in [-0.25, -0.2) is 0 Å². The minimum Gasteiger partial charge on any atom is -0.356 e. The molecule has 3 rings (SSSR count). The second kappa shape index (κ2) is 9.83. The summed E-state index contributed by atoms with van der Waals surface area (Å²) >= 11 is 3.62. The second-order valence-corrected chi connectivity index (χ2v) is 8.21. The fourth-order valence-electron chi connectivity index (χ4n) is 2.59. The summed E-state index contributed by atoms with van der Waals surface area (Å²) in [4.78, 5) is 23.6. The molecule has 0 radical (unpaired) electrons. The van der Waals surface area contributed by atoms with Gasteiger partial charge >= 0.3 is 0 Å². The molecule has 6 nitrogen and oxygen atoms in total. The van der Waals surface area contributed by atoms with Crippen molar-refractivity contribution in [2.45, 2.75) is 18.5 Å². The number of hydrogen-bond acceptors (Lipinski definition) is 5. The predicted molar refractivity (Wildman–Crippen MR) is 118 cm³/mol. The molecule has 1 heterocycles. The zero-order valence-corrected chi connectivity index (χ0v) is 18.2. The highest BCUT2D eigenvalue weighted by Crippen LogP contribution is 2.24. The molecule has 1 N–H and O–H groups in total. The van der Waals surface area contributed by atoms with Crippen molar-refractivity contribution >= 4 is 46.0 Å². The fourth-order valence-corrected chi connectivity index (χ4v) is 3.82. The van der Waals surface area contributed by atoms with Crippen LogP contribution < -0.4 is 5.32 Å². The van der Waals surface area contributed by atoms with Crippen LogP contribution in [0.3, 0.4) is 0 Å². The number of carbonyl (C=O) groups excluding carboxylic acids is 2. The molecule has 144 valence electrons. The molecule has 0 bridgehead atoms. The van der Waals surface area contributed by atoms with Crippen LogP contribution in [0.1, 0.15) is 23.1 Å². The first-order chi connectivity index (χ1) is 13.5. The third-order valence-electron chi connectivity index (χ3n) is 3.94. The Bertz CT molecular complexity index is 958. The summed E-state index contributed by atoms with van der Waals surface area (Å²) < 4.78 is 3.07.